The van der Waals surface area contributed by atoms with Crippen molar-refractivity contribution in [1.29, 1.82) is 5.41 Å². The van der Waals surface area contributed by atoms with Crippen molar-refractivity contribution >= 4 is 195 Å². The summed E-state index contributed by atoms with van der Waals surface area (Å²) in [5.74, 6) is -21.3. The van der Waals surface area contributed by atoms with Crippen LogP contribution in [-0.4, -0.2) is 345 Å². The van der Waals surface area contributed by atoms with E-state index >= 15 is 0 Å². The van der Waals surface area contributed by atoms with Gasteiger partial charge >= 0.3 is 17.9 Å². The number of amides is 15. The van der Waals surface area contributed by atoms with E-state index in [0.29, 0.717) is 63.1 Å². The Morgan fingerprint density at radius 3 is 1.41 bits per heavy atom. The molecule has 15 amide bonds. The summed E-state index contributed by atoms with van der Waals surface area (Å²) in [6.07, 6.45) is -0.692. The van der Waals surface area contributed by atoms with E-state index in [9.17, 15) is 117 Å². The molecule has 0 saturated carbocycles. The Hall–Kier alpha value is -12.8. The molecule has 3 aliphatic rings. The maximum Gasteiger partial charge on any atom is 0.326 e. The van der Waals surface area contributed by atoms with E-state index < -0.39 is 260 Å². The number of nitrogens with one attached hydrogen (secondary N) is 16. The number of nitrogens with zero attached hydrogens (tertiary/aromatic N) is 3. The van der Waals surface area contributed by atoms with Gasteiger partial charge in [-0.25, -0.2) is 4.79 Å². The quantitative estimate of drug-likeness (QED) is 0.00743. The second kappa shape index (κ2) is 55.0. The number of carbonyl (C=O) groups excluding carboxylic acids is 15. The second-order valence-electron chi connectivity index (χ2n) is 34.9. The van der Waals surface area contributed by atoms with Crippen molar-refractivity contribution < 1.29 is 117 Å². The van der Waals surface area contributed by atoms with Crippen molar-refractivity contribution in [3.63, 3.8) is 0 Å². The van der Waals surface area contributed by atoms with Gasteiger partial charge in [-0.1, -0.05) is 78.9 Å². The molecule has 9 rings (SSSR count). The summed E-state index contributed by atoms with van der Waals surface area (Å²) in [6, 6.07) is 0.237. The zero-order chi connectivity index (χ0) is 104. The molecule has 3 aliphatic heterocycles. The Bertz CT molecular complexity index is 5520. The fourth-order valence-corrected chi connectivity index (χ4v) is 18.3. The van der Waals surface area contributed by atoms with Crippen LogP contribution >= 0.6 is 49.6 Å². The zero-order valence-electron chi connectivity index (χ0n) is 78.2. The average molecular weight is 2050 g/mol. The number of nitrogens with two attached hydrogens (primary N) is 3. The van der Waals surface area contributed by atoms with Crippen molar-refractivity contribution in [2.75, 3.05) is 68.6 Å². The molecule has 772 valence electrons. The number of benzene rings is 4. The fourth-order valence-electron chi connectivity index (χ4n) is 17.1. The van der Waals surface area contributed by atoms with Crippen molar-refractivity contribution in [3.05, 3.63) is 120 Å². The highest BCUT2D eigenvalue weighted by molar-refractivity contribution is 7.98. The number of β-amino-alcohol motifs (C(OH)–C–C–N with tert-alkyl or cyclic N) is 1. The number of carboxylic acids is 3. The standard InChI is InChI=1S/C92H126N22O24S4/c1-47(116)75(90(136)113-32-15-27-71(113)89(135)114-42-52(117)37-72(114)87(133)107-64(36-51-41-99-58-23-8-6-21-55(51)58)80(126)109-69(46-141)85(131)102-61(91(137)138)25-9-11-29-93)111-83(129)67(43-115)108-79(125)63(35-50-40-98-57-22-7-5-20-54(50)57)103-81(127)65(38-73(118)119)104-76(122)59(24-10-12-30-97-92(95)96)100-77(123)60(28-33-142-2)101-84(130)68(45-140)110-82(128)66(39-74(120)121)105-78(124)62(34-49-18-13-17-48-16-3-4-19-53(48)49)106-86(132)70-26-14-31-112(70)88(134)56(94)44-139/h3-8,13,16-23,40-41,47,52,56,59-72,75,98-99,115-117,139-141H,9-12,14-15,24-39,42-46,93-94H2,1-2H3,(H,100,123)(H,101,130)(H,102,131)(H,103,127)(H,104,122)(H,105,124)(H,106,132)(H,107,133)(H,108,125)(H,109,126)(H,110,128)(H,111,129)(H,118,119)(H,120,121)(H,137,138)(H4,95,96,97)/t47-,52-,56+,59+,60+,61+,62+,63+,64+,65+,66-,67+,68+,69+,70+,71+,72+,75+/m1/s1. The summed E-state index contributed by atoms with van der Waals surface area (Å²) >= 11 is 13.9. The van der Waals surface area contributed by atoms with Crippen LogP contribution < -0.4 is 86.3 Å². The first kappa shape index (κ1) is 113. The lowest BCUT2D eigenvalue weighted by Gasteiger charge is -2.34. The highest BCUT2D eigenvalue weighted by Gasteiger charge is 2.49. The van der Waals surface area contributed by atoms with Crippen LogP contribution in [0.25, 0.3) is 32.6 Å². The SMILES string of the molecule is CSCC[C@H](NC(=O)[C@H](CS)NC(=O)[C@@H](CC(=O)O)NC(=O)[C@H](Cc1cccc2ccccc12)NC(=O)[C@@H]1CCCN1C(=O)[C@@H](N)CS)C(=O)N[C@@H](CCCCNC(=N)N)C(=O)N[C@@H](CC(=O)O)C(=O)N[C@@H](Cc1c[nH]c2ccccc12)C(=O)N[C@@H](CO)C(=O)N[C@H](C(=O)N1CCC[C@H]1C(=O)N1C[C@H](O)C[C@H]1C(=O)N[C@@H](Cc1c[nH]c2ccccc12)C(=O)N[C@@H](CS)C(=O)N[C@@H](CCCCN)C(=O)O)[C@@H](C)O. The largest absolute Gasteiger partial charge is 0.481 e. The third-order valence-corrected chi connectivity index (χ3v) is 26.4. The van der Waals surface area contributed by atoms with E-state index in [2.05, 4.69) is 117 Å². The lowest BCUT2D eigenvalue weighted by Crippen LogP contribution is -2.62. The van der Waals surface area contributed by atoms with Crippen molar-refractivity contribution in [1.82, 2.24) is 93.8 Å². The number of fused-ring (bicyclic) bond motifs is 3. The van der Waals surface area contributed by atoms with Gasteiger partial charge in [0.1, 0.15) is 90.6 Å². The van der Waals surface area contributed by atoms with Gasteiger partial charge in [-0.2, -0.15) is 49.6 Å². The van der Waals surface area contributed by atoms with Gasteiger partial charge in [-0.05, 0) is 136 Å². The summed E-state index contributed by atoms with van der Waals surface area (Å²) in [5, 5.41) is 107. The van der Waals surface area contributed by atoms with Crippen LogP contribution in [0.4, 0.5) is 0 Å². The summed E-state index contributed by atoms with van der Waals surface area (Å²) in [6.45, 7) is -0.263. The van der Waals surface area contributed by atoms with Crippen LogP contribution in [0.15, 0.2) is 103 Å². The van der Waals surface area contributed by atoms with Gasteiger partial charge in [0.2, 0.25) is 88.6 Å². The molecule has 0 unspecified atom stereocenters. The summed E-state index contributed by atoms with van der Waals surface area (Å²) < 4.78 is 0. The molecule has 2 aromatic heterocycles. The Balaban J connectivity index is 0.891. The monoisotopic (exact) mass is 2050 g/mol. The van der Waals surface area contributed by atoms with Crippen LogP contribution in [0.2, 0.25) is 0 Å². The van der Waals surface area contributed by atoms with E-state index in [-0.39, 0.29) is 114 Å². The summed E-state index contributed by atoms with van der Waals surface area (Å²) in [5.41, 5.74) is 19.8. The lowest BCUT2D eigenvalue weighted by atomic mass is 9.97. The maximum absolute atomic E-state index is 15.0. The Morgan fingerprint density at radius 1 is 0.479 bits per heavy atom. The number of rotatable bonds is 55. The van der Waals surface area contributed by atoms with Crippen LogP contribution in [0.3, 0.4) is 0 Å². The smallest absolute Gasteiger partial charge is 0.326 e. The normalized spacial score (nSPS) is 18.1. The van der Waals surface area contributed by atoms with Crippen molar-refractivity contribution in [2.24, 2.45) is 17.2 Å². The zero-order valence-corrected chi connectivity index (χ0v) is 81.7. The minimum atomic E-state index is -2.12. The molecule has 28 N–H and O–H groups in total. The highest BCUT2D eigenvalue weighted by Crippen LogP contribution is 2.30. The van der Waals surface area contributed by atoms with E-state index in [4.69, 9.17) is 22.6 Å². The number of carbonyl (C=O) groups is 18. The van der Waals surface area contributed by atoms with Gasteiger partial charge in [0.15, 0.2) is 5.96 Å². The maximum atomic E-state index is 15.0. The van der Waals surface area contributed by atoms with Gasteiger partial charge in [-0.3, -0.25) is 86.9 Å². The number of unbranched alkanes of at least 4 members (excludes halogenated alkanes) is 2. The van der Waals surface area contributed by atoms with Gasteiger partial charge in [0, 0.05) is 103 Å². The molecule has 5 heterocycles. The van der Waals surface area contributed by atoms with E-state index in [0.717, 1.165) is 22.1 Å². The topological polar surface area (TPSA) is 728 Å². The number of aliphatic hydroxyl groups excluding tert-OH is 3. The molecule has 46 nitrogen and oxygen atoms in total. The number of para-hydroxylation sites is 2. The molecule has 0 bridgehead atoms. The first-order valence-corrected chi connectivity index (χ1v) is 49.7. The van der Waals surface area contributed by atoms with Crippen molar-refractivity contribution in [2.45, 2.75) is 225 Å². The molecule has 0 spiro atoms. The number of aromatic nitrogens is 2. The van der Waals surface area contributed by atoms with E-state index in [1.165, 1.54) is 22.9 Å². The molecule has 142 heavy (non-hydrogen) atoms. The second-order valence-corrected chi connectivity index (χ2v) is 37.0. The van der Waals surface area contributed by atoms with Crippen LogP contribution in [0, 0.1) is 5.41 Å². The number of H-pyrrole nitrogens is 2. The molecule has 18 atom stereocenters. The number of aromatic amines is 2. The third kappa shape index (κ3) is 31.6. The van der Waals surface area contributed by atoms with Crippen LogP contribution in [0.1, 0.15) is 114 Å². The van der Waals surface area contributed by atoms with Crippen LogP contribution in [0.5, 0.6) is 0 Å². The number of thiol groups is 3. The van der Waals surface area contributed by atoms with Gasteiger partial charge in [-0.15, -0.1) is 0 Å². The Morgan fingerprint density at radius 2 is 0.901 bits per heavy atom. The third-order valence-electron chi connectivity index (χ3n) is 24.6. The predicted octanol–water partition coefficient (Wildman–Crippen LogP) is -4.35. The molecule has 0 aliphatic carbocycles. The number of aliphatic carboxylic acids is 3. The molecule has 0 radical (unpaired) electrons. The number of hydrogen-bond donors (Lipinski definition) is 28. The first-order chi connectivity index (χ1) is 67.8. The minimum Gasteiger partial charge on any atom is -0.481 e. The number of likely N-dealkylation sites (tertiary alicyclic amines) is 3. The molecular weight excluding hydrogens is 1930 g/mol. The molecular formula is C92H126N22O24S4. The van der Waals surface area contributed by atoms with Crippen LogP contribution in [-0.2, 0) is 106 Å². The van der Waals surface area contributed by atoms with Gasteiger partial charge < -0.3 is 142 Å². The highest BCUT2D eigenvalue weighted by atomic mass is 32.2. The van der Waals surface area contributed by atoms with E-state index in [1.54, 1.807) is 91.3 Å². The van der Waals surface area contributed by atoms with Crippen molar-refractivity contribution in [3.8, 4) is 0 Å². The Kier molecular flexibility index (Phi) is 43.6. The predicted molar refractivity (Wildman–Crippen MR) is 531 cm³/mol. The molecule has 3 saturated heterocycles. The molecule has 3 fully saturated rings. The average Bonchev–Trinajstić information content (AvgIpc) is 1.62. The molecule has 6 aromatic rings. The van der Waals surface area contributed by atoms with Gasteiger partial charge in [0.05, 0.1) is 37.7 Å². The summed E-state index contributed by atoms with van der Waals surface area (Å²) in [4.78, 5) is 265. The lowest BCUT2D eigenvalue weighted by molar-refractivity contribution is -0.149. The Labute approximate surface area is 836 Å². The molecule has 4 aromatic carbocycles. The number of guanidine groups is 1. The first-order valence-electron chi connectivity index (χ1n) is 46.4. The summed E-state index contributed by atoms with van der Waals surface area (Å²) in [7, 11) is 0. The van der Waals surface area contributed by atoms with Gasteiger partial charge in [0.25, 0.3) is 0 Å². The fraction of sp³-hybridized carbons (Fsp3) is 0.511. The van der Waals surface area contributed by atoms with E-state index in [1.807, 2.05) is 12.1 Å². The minimum absolute atomic E-state index is 0.0219. The number of carboxylic acid groups (broad SMARTS) is 3. The number of aliphatic hydroxyl groups is 3. The molecule has 50 heteroatoms. The number of hydrogen-bond acceptors (Lipinski definition) is 28. The number of thioether (sulfide) groups is 1.